The highest BCUT2D eigenvalue weighted by atomic mass is 19.1. The van der Waals surface area contributed by atoms with Crippen LogP contribution in [-0.4, -0.2) is 23.5 Å². The van der Waals surface area contributed by atoms with Crippen molar-refractivity contribution >= 4 is 29.1 Å². The normalized spacial score (nSPS) is 10.1. The van der Waals surface area contributed by atoms with Crippen LogP contribution in [0.5, 0.6) is 0 Å². The van der Waals surface area contributed by atoms with Gasteiger partial charge in [0.1, 0.15) is 17.5 Å². The van der Waals surface area contributed by atoms with Gasteiger partial charge in [-0.2, -0.15) is 0 Å². The minimum atomic E-state index is -0.786. The zero-order valence-corrected chi connectivity index (χ0v) is 12.7. The molecule has 1 aromatic heterocycles. The summed E-state index contributed by atoms with van der Waals surface area (Å²) in [5, 5.41) is 7.66. The molecule has 0 radical (unpaired) electrons. The maximum Gasteiger partial charge on any atom is 0.320 e. The molecule has 0 saturated heterocycles. The number of pyridine rings is 1. The van der Waals surface area contributed by atoms with E-state index in [-0.39, 0.29) is 22.8 Å². The molecule has 2 rings (SSSR count). The van der Waals surface area contributed by atoms with Gasteiger partial charge < -0.3 is 16.4 Å². The molecule has 0 fully saturated rings. The maximum atomic E-state index is 13.3. The Bertz CT molecular complexity index is 762. The number of urea groups is 1. The Morgan fingerprint density at radius 1 is 1.17 bits per heavy atom. The molecule has 0 spiro atoms. The summed E-state index contributed by atoms with van der Waals surface area (Å²) in [5.74, 6) is -2.22. The van der Waals surface area contributed by atoms with Crippen molar-refractivity contribution < 1.29 is 18.4 Å². The Kier molecular flexibility index (Phi) is 5.25. The minimum Gasteiger partial charge on any atom is -0.365 e. The minimum absolute atomic E-state index is 0.00104. The maximum absolute atomic E-state index is 13.3. The van der Waals surface area contributed by atoms with Crippen molar-refractivity contribution in [1.29, 1.82) is 0 Å². The van der Waals surface area contributed by atoms with Gasteiger partial charge >= 0.3 is 6.03 Å². The number of amides is 3. The van der Waals surface area contributed by atoms with E-state index in [1.165, 1.54) is 6.07 Å². The van der Waals surface area contributed by atoms with Crippen LogP contribution in [0.4, 0.5) is 30.8 Å². The fourth-order valence-corrected chi connectivity index (χ4v) is 1.93. The third kappa shape index (κ3) is 4.38. The standard InChI is InChI=1S/C15H15F2N5O2/c1-2-19-15(24)22-13-6-12(11(7-20-13)14(18)23)21-10-4-8(16)3-9(17)5-10/h3-7H,2H2,1H3,(H2,18,23)(H3,19,20,21,22,24). The van der Waals surface area contributed by atoms with E-state index in [9.17, 15) is 18.4 Å². The van der Waals surface area contributed by atoms with E-state index in [2.05, 4.69) is 20.9 Å². The molecule has 7 nitrogen and oxygen atoms in total. The fraction of sp³-hybridized carbons (Fsp3) is 0.133. The number of rotatable bonds is 5. The summed E-state index contributed by atoms with van der Waals surface area (Å²) in [6, 6.07) is 3.66. The molecule has 5 N–H and O–H groups in total. The first kappa shape index (κ1) is 17.1. The number of nitrogens with zero attached hydrogens (tertiary/aromatic N) is 1. The lowest BCUT2D eigenvalue weighted by Gasteiger charge is -2.12. The van der Waals surface area contributed by atoms with Gasteiger partial charge in [0.2, 0.25) is 0 Å². The molecule has 126 valence electrons. The van der Waals surface area contributed by atoms with Crippen LogP contribution < -0.4 is 21.7 Å². The van der Waals surface area contributed by atoms with Gasteiger partial charge in [-0.05, 0) is 19.1 Å². The van der Waals surface area contributed by atoms with Crippen molar-refractivity contribution in [3.63, 3.8) is 0 Å². The van der Waals surface area contributed by atoms with Crippen molar-refractivity contribution in [3.05, 3.63) is 47.7 Å². The van der Waals surface area contributed by atoms with Gasteiger partial charge in [-0.25, -0.2) is 18.6 Å². The van der Waals surface area contributed by atoms with Gasteiger partial charge in [0.15, 0.2) is 0 Å². The predicted octanol–water partition coefficient (Wildman–Crippen LogP) is 2.34. The van der Waals surface area contributed by atoms with Crippen molar-refractivity contribution in [2.75, 3.05) is 17.2 Å². The third-order valence-corrected chi connectivity index (χ3v) is 2.89. The summed E-state index contributed by atoms with van der Waals surface area (Å²) in [5.41, 5.74) is 5.48. The van der Waals surface area contributed by atoms with E-state index in [0.717, 1.165) is 24.4 Å². The van der Waals surface area contributed by atoms with Crippen molar-refractivity contribution in [3.8, 4) is 0 Å². The van der Waals surface area contributed by atoms with E-state index in [1.54, 1.807) is 6.92 Å². The number of hydrogen-bond donors (Lipinski definition) is 4. The lowest BCUT2D eigenvalue weighted by Crippen LogP contribution is -2.28. The van der Waals surface area contributed by atoms with Crippen molar-refractivity contribution in [2.45, 2.75) is 6.92 Å². The summed E-state index contributed by atoms with van der Waals surface area (Å²) in [6.45, 7) is 2.16. The molecule has 2 aromatic rings. The second-order valence-electron chi connectivity index (χ2n) is 4.75. The number of hydrogen-bond acceptors (Lipinski definition) is 4. The van der Waals surface area contributed by atoms with E-state index < -0.39 is 23.6 Å². The lowest BCUT2D eigenvalue weighted by molar-refractivity contribution is 0.100. The highest BCUT2D eigenvalue weighted by molar-refractivity contribution is 6.00. The number of benzene rings is 1. The quantitative estimate of drug-likeness (QED) is 0.672. The Morgan fingerprint density at radius 2 is 1.83 bits per heavy atom. The molecule has 1 heterocycles. The number of primary amides is 1. The molecular formula is C15H15F2N5O2. The number of carbonyl (C=O) groups is 2. The number of halogens is 2. The summed E-state index contributed by atoms with van der Waals surface area (Å²) >= 11 is 0. The van der Waals surface area contributed by atoms with Crippen LogP contribution >= 0.6 is 0 Å². The van der Waals surface area contributed by atoms with Crippen LogP contribution in [0.1, 0.15) is 17.3 Å². The van der Waals surface area contributed by atoms with Crippen molar-refractivity contribution in [2.24, 2.45) is 5.73 Å². The van der Waals surface area contributed by atoms with Crippen LogP contribution in [-0.2, 0) is 0 Å². The van der Waals surface area contributed by atoms with Crippen LogP contribution in [0.15, 0.2) is 30.5 Å². The van der Waals surface area contributed by atoms with E-state index in [0.29, 0.717) is 6.54 Å². The molecule has 0 aliphatic heterocycles. The highest BCUT2D eigenvalue weighted by Gasteiger charge is 2.13. The highest BCUT2D eigenvalue weighted by Crippen LogP contribution is 2.24. The second kappa shape index (κ2) is 7.36. The topological polar surface area (TPSA) is 109 Å². The molecule has 3 amide bonds. The van der Waals surface area contributed by atoms with Gasteiger partial charge in [0, 0.05) is 30.6 Å². The molecular weight excluding hydrogens is 320 g/mol. The molecule has 0 aliphatic carbocycles. The monoisotopic (exact) mass is 335 g/mol. The predicted molar refractivity (Wildman–Crippen MR) is 85.1 cm³/mol. The Hall–Kier alpha value is -3.23. The number of nitrogens with two attached hydrogens (primary N) is 1. The average Bonchev–Trinajstić information content (AvgIpc) is 2.46. The van der Waals surface area contributed by atoms with Gasteiger partial charge in [-0.15, -0.1) is 0 Å². The summed E-state index contributed by atoms with van der Waals surface area (Å²) in [6.07, 6.45) is 1.15. The Labute approximate surface area is 136 Å². The molecule has 1 aromatic carbocycles. The fourth-order valence-electron chi connectivity index (χ4n) is 1.93. The molecule has 0 atom stereocenters. The average molecular weight is 335 g/mol. The van der Waals surface area contributed by atoms with E-state index >= 15 is 0 Å². The van der Waals surface area contributed by atoms with E-state index in [1.807, 2.05) is 0 Å². The molecule has 0 aliphatic rings. The molecule has 9 heteroatoms. The molecule has 0 unspecified atom stereocenters. The smallest absolute Gasteiger partial charge is 0.320 e. The van der Waals surface area contributed by atoms with Crippen molar-refractivity contribution in [1.82, 2.24) is 10.3 Å². The molecule has 0 bridgehead atoms. The summed E-state index contributed by atoms with van der Waals surface area (Å²) in [7, 11) is 0. The largest absolute Gasteiger partial charge is 0.365 e. The number of anilines is 3. The first-order valence-electron chi connectivity index (χ1n) is 6.97. The van der Waals surface area contributed by atoms with Gasteiger partial charge in [-0.3, -0.25) is 10.1 Å². The van der Waals surface area contributed by atoms with Crippen LogP contribution in [0, 0.1) is 11.6 Å². The van der Waals surface area contributed by atoms with E-state index in [4.69, 9.17) is 5.73 Å². The zero-order chi connectivity index (χ0) is 17.7. The third-order valence-electron chi connectivity index (χ3n) is 2.89. The second-order valence-corrected chi connectivity index (χ2v) is 4.75. The lowest BCUT2D eigenvalue weighted by atomic mass is 10.2. The van der Waals surface area contributed by atoms with Crippen LogP contribution in [0.2, 0.25) is 0 Å². The Balaban J connectivity index is 2.34. The first-order chi connectivity index (χ1) is 11.4. The number of aromatic nitrogens is 1. The van der Waals surface area contributed by atoms with Gasteiger partial charge in [0.05, 0.1) is 11.3 Å². The Morgan fingerprint density at radius 3 is 2.42 bits per heavy atom. The van der Waals surface area contributed by atoms with Gasteiger partial charge in [-0.1, -0.05) is 0 Å². The zero-order valence-electron chi connectivity index (χ0n) is 12.7. The summed E-state index contributed by atoms with van der Waals surface area (Å²) in [4.78, 5) is 26.9. The summed E-state index contributed by atoms with van der Waals surface area (Å²) < 4.78 is 26.6. The number of carbonyl (C=O) groups excluding carboxylic acids is 2. The SMILES string of the molecule is CCNC(=O)Nc1cc(Nc2cc(F)cc(F)c2)c(C(N)=O)cn1. The molecule has 24 heavy (non-hydrogen) atoms. The van der Waals surface area contributed by atoms with Crippen LogP contribution in [0.25, 0.3) is 0 Å². The molecule has 0 saturated carbocycles. The number of nitrogens with one attached hydrogen (secondary N) is 3. The van der Waals surface area contributed by atoms with Gasteiger partial charge in [0.25, 0.3) is 5.91 Å². The first-order valence-corrected chi connectivity index (χ1v) is 6.97. The van der Waals surface area contributed by atoms with Crippen LogP contribution in [0.3, 0.4) is 0 Å².